The Morgan fingerprint density at radius 2 is 2.06 bits per heavy atom. The Morgan fingerprint density at radius 3 is 2.65 bits per heavy atom. The van der Waals surface area contributed by atoms with Crippen LogP contribution in [0.3, 0.4) is 0 Å². The highest BCUT2D eigenvalue weighted by atomic mass is 16.5. The van der Waals surface area contributed by atoms with Gasteiger partial charge in [0.25, 0.3) is 0 Å². The van der Waals surface area contributed by atoms with Crippen molar-refractivity contribution in [3.8, 4) is 5.75 Å². The summed E-state index contributed by atoms with van der Waals surface area (Å²) >= 11 is 0. The van der Waals surface area contributed by atoms with Gasteiger partial charge in [0, 0.05) is 12.6 Å². The number of nitrogens with zero attached hydrogens (tertiary/aromatic N) is 1. The third-order valence-electron chi connectivity index (χ3n) is 3.59. The summed E-state index contributed by atoms with van der Waals surface area (Å²) in [5.74, 6) is 1.83. The predicted octanol–water partition coefficient (Wildman–Crippen LogP) is 3.10. The van der Waals surface area contributed by atoms with E-state index in [1.165, 1.54) is 25.1 Å². The highest BCUT2D eigenvalue weighted by molar-refractivity contribution is 5.26. The van der Waals surface area contributed by atoms with Gasteiger partial charge in [-0.05, 0) is 44.9 Å². The zero-order chi connectivity index (χ0) is 12.3. The first-order valence-electron chi connectivity index (χ1n) is 6.58. The van der Waals surface area contributed by atoms with Gasteiger partial charge in [-0.15, -0.1) is 0 Å². The molecule has 2 atom stereocenters. The van der Waals surface area contributed by atoms with Gasteiger partial charge in [0.05, 0.1) is 0 Å². The van der Waals surface area contributed by atoms with E-state index in [1.807, 2.05) is 0 Å². The van der Waals surface area contributed by atoms with Crippen molar-refractivity contribution in [2.75, 3.05) is 19.7 Å². The second kappa shape index (κ2) is 5.54. The van der Waals surface area contributed by atoms with Crippen molar-refractivity contribution in [2.24, 2.45) is 5.92 Å². The molecule has 0 bridgehead atoms. The zero-order valence-corrected chi connectivity index (χ0v) is 11.1. The van der Waals surface area contributed by atoms with Crippen molar-refractivity contribution in [3.63, 3.8) is 0 Å². The Hall–Kier alpha value is -1.02. The number of hydrogen-bond acceptors (Lipinski definition) is 2. The Bertz CT molecular complexity index is 346. The van der Waals surface area contributed by atoms with Crippen molar-refractivity contribution in [3.05, 3.63) is 29.8 Å². The van der Waals surface area contributed by atoms with Crippen LogP contribution in [0.4, 0.5) is 0 Å². The first kappa shape index (κ1) is 12.4. The van der Waals surface area contributed by atoms with E-state index in [0.717, 1.165) is 18.3 Å². The first-order chi connectivity index (χ1) is 8.15. The molecular weight excluding hydrogens is 210 g/mol. The summed E-state index contributed by atoms with van der Waals surface area (Å²) in [7, 11) is 0. The van der Waals surface area contributed by atoms with Gasteiger partial charge >= 0.3 is 0 Å². The van der Waals surface area contributed by atoms with Crippen molar-refractivity contribution in [1.29, 1.82) is 0 Å². The highest BCUT2D eigenvalue weighted by Crippen LogP contribution is 2.18. The fourth-order valence-electron chi connectivity index (χ4n) is 2.33. The summed E-state index contributed by atoms with van der Waals surface area (Å²) in [5, 5.41) is 0. The molecule has 94 valence electrons. The molecule has 0 radical (unpaired) electrons. The number of ether oxygens (including phenoxy) is 1. The summed E-state index contributed by atoms with van der Waals surface area (Å²) in [6, 6.07) is 8.81. The molecule has 1 aromatic rings. The van der Waals surface area contributed by atoms with Crippen molar-refractivity contribution < 1.29 is 4.74 Å². The Labute approximate surface area is 105 Å². The second-order valence-electron chi connectivity index (χ2n) is 5.36. The lowest BCUT2D eigenvalue weighted by Crippen LogP contribution is -2.35. The van der Waals surface area contributed by atoms with Crippen LogP contribution in [0.25, 0.3) is 0 Å². The number of likely N-dealkylation sites (tertiary alicyclic amines) is 1. The molecule has 2 heteroatoms. The molecule has 1 aliphatic heterocycles. The molecule has 2 rings (SSSR count). The van der Waals surface area contributed by atoms with Gasteiger partial charge in [-0.2, -0.15) is 0 Å². The van der Waals surface area contributed by atoms with Gasteiger partial charge < -0.3 is 4.74 Å². The molecule has 2 unspecified atom stereocenters. The third kappa shape index (κ3) is 3.47. The first-order valence-corrected chi connectivity index (χ1v) is 6.58. The molecule has 0 N–H and O–H groups in total. The maximum atomic E-state index is 5.83. The maximum absolute atomic E-state index is 5.83. The maximum Gasteiger partial charge on any atom is 0.119 e. The van der Waals surface area contributed by atoms with Gasteiger partial charge in [-0.3, -0.25) is 4.90 Å². The van der Waals surface area contributed by atoms with Crippen molar-refractivity contribution >= 4 is 0 Å². The predicted molar refractivity (Wildman–Crippen MR) is 71.5 cm³/mol. The Kier molecular flexibility index (Phi) is 4.06. The molecule has 0 aliphatic carbocycles. The minimum absolute atomic E-state index is 0.515. The van der Waals surface area contributed by atoms with Gasteiger partial charge in [0.2, 0.25) is 0 Å². The fraction of sp³-hybridized carbons (Fsp3) is 0.600. The van der Waals surface area contributed by atoms with E-state index in [0.29, 0.717) is 6.04 Å². The SMILES string of the molecule is Cc1ccc(OCC(C)N2CCC(C)C2)cc1. The fourth-order valence-corrected chi connectivity index (χ4v) is 2.33. The summed E-state index contributed by atoms with van der Waals surface area (Å²) < 4.78 is 5.83. The van der Waals surface area contributed by atoms with Crippen LogP contribution in [0.15, 0.2) is 24.3 Å². The quantitative estimate of drug-likeness (QED) is 0.792. The summed E-state index contributed by atoms with van der Waals surface area (Å²) in [6.07, 6.45) is 1.33. The largest absolute Gasteiger partial charge is 0.492 e. The van der Waals surface area contributed by atoms with E-state index < -0.39 is 0 Å². The topological polar surface area (TPSA) is 12.5 Å². The average Bonchev–Trinajstić information content (AvgIpc) is 2.75. The lowest BCUT2D eigenvalue weighted by molar-refractivity contribution is 0.169. The molecule has 1 aromatic carbocycles. The molecule has 1 saturated heterocycles. The molecule has 1 fully saturated rings. The van der Waals surface area contributed by atoms with Crippen molar-refractivity contribution in [1.82, 2.24) is 4.90 Å². The standard InChI is InChI=1S/C15H23NO/c1-12-4-6-15(7-5-12)17-11-14(3)16-9-8-13(2)10-16/h4-7,13-14H,8-11H2,1-3H3. The summed E-state index contributed by atoms with van der Waals surface area (Å²) in [4.78, 5) is 2.53. The van der Waals surface area contributed by atoms with E-state index in [9.17, 15) is 0 Å². The van der Waals surface area contributed by atoms with Gasteiger partial charge in [-0.25, -0.2) is 0 Å². The van der Waals surface area contributed by atoms with Crippen LogP contribution in [0, 0.1) is 12.8 Å². The molecule has 0 aromatic heterocycles. The number of hydrogen-bond donors (Lipinski definition) is 0. The molecule has 2 nitrogen and oxygen atoms in total. The molecule has 0 saturated carbocycles. The van der Waals surface area contributed by atoms with Crippen LogP contribution < -0.4 is 4.74 Å². The zero-order valence-electron chi connectivity index (χ0n) is 11.1. The average molecular weight is 233 g/mol. The van der Waals surface area contributed by atoms with E-state index in [1.54, 1.807) is 0 Å². The number of benzene rings is 1. The number of rotatable bonds is 4. The van der Waals surface area contributed by atoms with Crippen LogP contribution in [0.5, 0.6) is 5.75 Å². The van der Waals surface area contributed by atoms with Gasteiger partial charge in [0.15, 0.2) is 0 Å². The van der Waals surface area contributed by atoms with Crippen LogP contribution in [0.1, 0.15) is 25.8 Å². The summed E-state index contributed by atoms with van der Waals surface area (Å²) in [6.45, 7) is 9.91. The van der Waals surface area contributed by atoms with Crippen LogP contribution in [-0.4, -0.2) is 30.6 Å². The van der Waals surface area contributed by atoms with Gasteiger partial charge in [0.1, 0.15) is 12.4 Å². The second-order valence-corrected chi connectivity index (χ2v) is 5.36. The van der Waals surface area contributed by atoms with E-state index in [2.05, 4.69) is 49.9 Å². The Balaban J connectivity index is 1.79. The van der Waals surface area contributed by atoms with E-state index >= 15 is 0 Å². The molecule has 1 heterocycles. The summed E-state index contributed by atoms with van der Waals surface area (Å²) in [5.41, 5.74) is 1.28. The molecule has 17 heavy (non-hydrogen) atoms. The molecular formula is C15H23NO. The molecule has 1 aliphatic rings. The minimum Gasteiger partial charge on any atom is -0.492 e. The van der Waals surface area contributed by atoms with Crippen molar-refractivity contribution in [2.45, 2.75) is 33.2 Å². The lowest BCUT2D eigenvalue weighted by atomic mass is 10.2. The molecule has 0 amide bonds. The number of aryl methyl sites for hydroxylation is 1. The minimum atomic E-state index is 0.515. The smallest absolute Gasteiger partial charge is 0.119 e. The monoisotopic (exact) mass is 233 g/mol. The van der Waals surface area contributed by atoms with E-state index in [-0.39, 0.29) is 0 Å². The molecule has 0 spiro atoms. The Morgan fingerprint density at radius 1 is 1.35 bits per heavy atom. The van der Waals surface area contributed by atoms with E-state index in [4.69, 9.17) is 4.74 Å². The highest BCUT2D eigenvalue weighted by Gasteiger charge is 2.23. The normalized spacial score (nSPS) is 22.6. The lowest BCUT2D eigenvalue weighted by Gasteiger charge is -2.24. The third-order valence-corrected chi connectivity index (χ3v) is 3.59. The van der Waals surface area contributed by atoms with Crippen LogP contribution in [0.2, 0.25) is 0 Å². The van der Waals surface area contributed by atoms with Gasteiger partial charge in [-0.1, -0.05) is 24.6 Å². The van der Waals surface area contributed by atoms with Crippen LogP contribution >= 0.6 is 0 Å². The van der Waals surface area contributed by atoms with Crippen LogP contribution in [-0.2, 0) is 0 Å².